The number of nitriles is 1. The van der Waals surface area contributed by atoms with Crippen LogP contribution in [0.1, 0.15) is 56.9 Å². The maximum Gasteiger partial charge on any atom is 0.416 e. The topological polar surface area (TPSA) is 59.4 Å². The third-order valence-electron chi connectivity index (χ3n) is 6.67. The fourth-order valence-electron chi connectivity index (χ4n) is 4.70. The number of benzene rings is 1. The van der Waals surface area contributed by atoms with Gasteiger partial charge in [-0.25, -0.2) is 0 Å². The lowest BCUT2D eigenvalue weighted by molar-refractivity contribution is -0.137. The molecule has 176 valence electrons. The van der Waals surface area contributed by atoms with Crippen LogP contribution >= 0.6 is 0 Å². The molecule has 1 saturated carbocycles. The van der Waals surface area contributed by atoms with Gasteiger partial charge in [0.15, 0.2) is 0 Å². The Balaban J connectivity index is 1.33. The molecule has 0 unspecified atom stereocenters. The van der Waals surface area contributed by atoms with Crippen molar-refractivity contribution in [2.75, 3.05) is 37.6 Å². The van der Waals surface area contributed by atoms with E-state index in [2.05, 4.69) is 16.3 Å². The predicted molar refractivity (Wildman–Crippen MR) is 118 cm³/mol. The van der Waals surface area contributed by atoms with Crippen LogP contribution in [0.25, 0.3) is 0 Å². The van der Waals surface area contributed by atoms with Crippen LogP contribution in [-0.2, 0) is 11.0 Å². The highest BCUT2D eigenvalue weighted by Gasteiger charge is 2.31. The number of hydrogen-bond acceptors (Lipinski definition) is 4. The normalized spacial score (nSPS) is 22.4. The van der Waals surface area contributed by atoms with Gasteiger partial charge in [-0.15, -0.1) is 0 Å². The van der Waals surface area contributed by atoms with Crippen molar-refractivity contribution >= 4 is 11.6 Å². The van der Waals surface area contributed by atoms with Gasteiger partial charge in [0.2, 0.25) is 5.91 Å². The zero-order valence-electron chi connectivity index (χ0n) is 18.5. The molecule has 32 heavy (non-hydrogen) atoms. The van der Waals surface area contributed by atoms with E-state index in [0.29, 0.717) is 30.9 Å². The van der Waals surface area contributed by atoms with Crippen LogP contribution in [0.15, 0.2) is 24.3 Å². The quantitative estimate of drug-likeness (QED) is 0.589. The second-order valence-corrected chi connectivity index (χ2v) is 8.96. The molecule has 3 rings (SSSR count). The molecule has 1 aliphatic carbocycles. The molecule has 0 spiro atoms. The molecular weight excluding hydrogens is 417 g/mol. The maximum atomic E-state index is 13.0. The molecule has 1 amide bonds. The van der Waals surface area contributed by atoms with Gasteiger partial charge in [0.1, 0.15) is 0 Å². The van der Waals surface area contributed by atoms with E-state index in [4.69, 9.17) is 5.26 Å². The van der Waals surface area contributed by atoms with Crippen LogP contribution in [0.3, 0.4) is 0 Å². The van der Waals surface area contributed by atoms with Crippen LogP contribution < -0.4 is 10.2 Å². The van der Waals surface area contributed by atoms with Crippen molar-refractivity contribution in [1.82, 2.24) is 10.2 Å². The van der Waals surface area contributed by atoms with Crippen molar-refractivity contribution in [3.8, 4) is 6.07 Å². The standard InChI is InChI=1S/C24H33F3N4O/c25-24(26,27)20-4-3-5-22(18-20)31-16-14-30(15-17-31)13-11-19-7-9-21(10-8-19)29-23(32)6-1-2-12-28/h3-5,18-19,21H,1-2,6-11,13-17H2,(H,29,32). The molecule has 1 aromatic rings. The summed E-state index contributed by atoms with van der Waals surface area (Å²) >= 11 is 0. The van der Waals surface area contributed by atoms with Crippen molar-refractivity contribution in [1.29, 1.82) is 5.26 Å². The van der Waals surface area contributed by atoms with Gasteiger partial charge < -0.3 is 10.2 Å². The second-order valence-electron chi connectivity index (χ2n) is 8.96. The van der Waals surface area contributed by atoms with Crippen LogP contribution in [0.2, 0.25) is 0 Å². The molecule has 1 saturated heterocycles. The van der Waals surface area contributed by atoms with Gasteiger partial charge in [0.25, 0.3) is 0 Å². The van der Waals surface area contributed by atoms with Gasteiger partial charge in [0, 0.05) is 50.7 Å². The Hall–Kier alpha value is -2.27. The van der Waals surface area contributed by atoms with Gasteiger partial charge in [-0.1, -0.05) is 6.07 Å². The number of anilines is 1. The minimum atomic E-state index is -4.31. The first-order valence-electron chi connectivity index (χ1n) is 11.7. The fourth-order valence-corrected chi connectivity index (χ4v) is 4.70. The lowest BCUT2D eigenvalue weighted by atomic mass is 9.84. The van der Waals surface area contributed by atoms with Gasteiger partial charge in [-0.05, 0) is 69.2 Å². The van der Waals surface area contributed by atoms with E-state index < -0.39 is 11.7 Å². The summed E-state index contributed by atoms with van der Waals surface area (Å²) in [5.74, 6) is 0.727. The molecule has 1 aliphatic heterocycles. The van der Waals surface area contributed by atoms with Crippen molar-refractivity contribution in [3.05, 3.63) is 29.8 Å². The van der Waals surface area contributed by atoms with Gasteiger partial charge >= 0.3 is 6.18 Å². The van der Waals surface area contributed by atoms with Crippen molar-refractivity contribution in [2.24, 2.45) is 5.92 Å². The molecule has 0 radical (unpaired) electrons. The Morgan fingerprint density at radius 1 is 1.12 bits per heavy atom. The van der Waals surface area contributed by atoms with Crippen LogP contribution in [0.4, 0.5) is 18.9 Å². The number of rotatable bonds is 8. The first-order chi connectivity index (χ1) is 15.3. The number of unbranched alkanes of at least 4 members (excludes halogenated alkanes) is 1. The van der Waals surface area contributed by atoms with E-state index in [0.717, 1.165) is 70.9 Å². The highest BCUT2D eigenvalue weighted by molar-refractivity contribution is 5.76. The zero-order chi connectivity index (χ0) is 23.0. The Morgan fingerprint density at radius 3 is 2.50 bits per heavy atom. The molecule has 0 aromatic heterocycles. The highest BCUT2D eigenvalue weighted by atomic mass is 19.4. The Labute approximate surface area is 188 Å². The number of carbonyl (C=O) groups is 1. The van der Waals surface area contributed by atoms with Crippen LogP contribution in [-0.4, -0.2) is 49.6 Å². The van der Waals surface area contributed by atoms with E-state index in [1.807, 2.05) is 4.90 Å². The summed E-state index contributed by atoms with van der Waals surface area (Å²) in [7, 11) is 0. The predicted octanol–water partition coefficient (Wildman–Crippen LogP) is 4.59. The SMILES string of the molecule is N#CCCCC(=O)NC1CCC(CCN2CCN(c3cccc(C(F)(F)F)c3)CC2)CC1. The number of alkyl halides is 3. The first-order valence-corrected chi connectivity index (χ1v) is 11.7. The van der Waals surface area contributed by atoms with E-state index in [1.54, 1.807) is 6.07 Å². The smallest absolute Gasteiger partial charge is 0.369 e. The summed E-state index contributed by atoms with van der Waals surface area (Å²) in [6.07, 6.45) is 2.56. The average molecular weight is 451 g/mol. The molecule has 2 aliphatic rings. The molecule has 8 heteroatoms. The van der Waals surface area contributed by atoms with Crippen LogP contribution in [0, 0.1) is 17.2 Å². The van der Waals surface area contributed by atoms with Crippen molar-refractivity contribution in [3.63, 3.8) is 0 Å². The minimum absolute atomic E-state index is 0.0577. The summed E-state index contributed by atoms with van der Waals surface area (Å²) in [4.78, 5) is 16.4. The number of carbonyl (C=O) groups excluding carboxylic acids is 1. The third-order valence-corrected chi connectivity index (χ3v) is 6.67. The molecule has 1 N–H and O–H groups in total. The molecule has 2 fully saturated rings. The average Bonchev–Trinajstić information content (AvgIpc) is 2.79. The number of hydrogen-bond donors (Lipinski definition) is 1. The van der Waals surface area contributed by atoms with Crippen molar-refractivity contribution < 1.29 is 18.0 Å². The third kappa shape index (κ3) is 7.40. The molecule has 0 atom stereocenters. The Morgan fingerprint density at radius 2 is 1.84 bits per heavy atom. The van der Waals surface area contributed by atoms with E-state index in [9.17, 15) is 18.0 Å². The Kier molecular flexibility index (Phi) is 8.80. The van der Waals surface area contributed by atoms with Gasteiger partial charge in [-0.2, -0.15) is 18.4 Å². The molecular formula is C24H33F3N4O. The number of piperazine rings is 1. The molecule has 5 nitrogen and oxygen atoms in total. The van der Waals surface area contributed by atoms with Gasteiger partial charge in [-0.3, -0.25) is 9.69 Å². The summed E-state index contributed by atoms with van der Waals surface area (Å²) in [6, 6.07) is 7.93. The number of halogens is 3. The lowest BCUT2D eigenvalue weighted by Gasteiger charge is -2.37. The molecule has 1 aromatic carbocycles. The number of nitrogens with zero attached hydrogens (tertiary/aromatic N) is 3. The summed E-state index contributed by atoms with van der Waals surface area (Å²) in [5.41, 5.74) is 0.0545. The number of nitrogens with one attached hydrogen (secondary N) is 1. The maximum absolute atomic E-state index is 13.0. The van der Waals surface area contributed by atoms with E-state index in [1.165, 1.54) is 12.1 Å². The first kappa shape index (κ1) is 24.4. The summed E-state index contributed by atoms with van der Waals surface area (Å²) in [6.45, 7) is 4.23. The van der Waals surface area contributed by atoms with E-state index in [-0.39, 0.29) is 11.9 Å². The van der Waals surface area contributed by atoms with E-state index >= 15 is 0 Å². The molecule has 0 bridgehead atoms. The summed E-state index contributed by atoms with van der Waals surface area (Å²) < 4.78 is 38.9. The minimum Gasteiger partial charge on any atom is -0.369 e. The second kappa shape index (κ2) is 11.6. The van der Waals surface area contributed by atoms with Crippen LogP contribution in [0.5, 0.6) is 0 Å². The lowest BCUT2D eigenvalue weighted by Crippen LogP contribution is -2.47. The highest BCUT2D eigenvalue weighted by Crippen LogP contribution is 2.32. The van der Waals surface area contributed by atoms with Gasteiger partial charge in [0.05, 0.1) is 11.6 Å². The largest absolute Gasteiger partial charge is 0.416 e. The zero-order valence-corrected chi connectivity index (χ0v) is 18.5. The Bertz CT molecular complexity index is 776. The monoisotopic (exact) mass is 450 g/mol. The number of amides is 1. The molecule has 1 heterocycles. The summed E-state index contributed by atoms with van der Waals surface area (Å²) in [5, 5.41) is 11.7. The fraction of sp³-hybridized carbons (Fsp3) is 0.667. The van der Waals surface area contributed by atoms with Crippen molar-refractivity contribution in [2.45, 2.75) is 63.6 Å².